The second kappa shape index (κ2) is 4.36. The molecule has 0 radical (unpaired) electrons. The van der Waals surface area contributed by atoms with E-state index in [2.05, 4.69) is 9.55 Å². The van der Waals surface area contributed by atoms with Gasteiger partial charge in [0.2, 0.25) is 0 Å². The second-order valence-corrected chi connectivity index (χ2v) is 5.03. The van der Waals surface area contributed by atoms with Gasteiger partial charge in [0.15, 0.2) is 0 Å². The molecule has 14 heavy (non-hydrogen) atoms. The topological polar surface area (TPSA) is 43.8 Å². The molecule has 2 rings (SSSR count). The quantitative estimate of drug-likeness (QED) is 0.812. The lowest BCUT2D eigenvalue weighted by atomic mass is 9.98. The Kier molecular flexibility index (Phi) is 3.13. The van der Waals surface area contributed by atoms with E-state index in [1.807, 2.05) is 31.2 Å². The molecular formula is C10H17N3S. The molecule has 2 unspecified atom stereocenters. The molecule has 1 aliphatic heterocycles. The molecule has 2 atom stereocenters. The summed E-state index contributed by atoms with van der Waals surface area (Å²) in [4.78, 5) is 4.32. The monoisotopic (exact) mass is 211 g/mol. The van der Waals surface area contributed by atoms with Crippen LogP contribution in [0.2, 0.25) is 0 Å². The first-order chi connectivity index (χ1) is 6.77. The Morgan fingerprint density at radius 1 is 1.64 bits per heavy atom. The Labute approximate surface area is 89.1 Å². The number of hydrogen-bond donors (Lipinski definition) is 1. The van der Waals surface area contributed by atoms with Gasteiger partial charge in [-0.15, -0.1) is 0 Å². The molecular weight excluding hydrogens is 194 g/mol. The minimum atomic E-state index is 0.403. The molecule has 2 N–H and O–H groups in total. The van der Waals surface area contributed by atoms with Gasteiger partial charge >= 0.3 is 0 Å². The number of thioether (sulfide) groups is 1. The Hall–Kier alpha value is -0.480. The van der Waals surface area contributed by atoms with Gasteiger partial charge in [0.25, 0.3) is 0 Å². The molecule has 0 aliphatic carbocycles. The van der Waals surface area contributed by atoms with E-state index in [-0.39, 0.29) is 0 Å². The van der Waals surface area contributed by atoms with Crippen molar-refractivity contribution in [3.63, 3.8) is 0 Å². The molecule has 0 aromatic carbocycles. The number of rotatable bonds is 3. The van der Waals surface area contributed by atoms with Crippen LogP contribution in [0, 0.1) is 5.92 Å². The van der Waals surface area contributed by atoms with E-state index in [0.29, 0.717) is 12.0 Å². The summed E-state index contributed by atoms with van der Waals surface area (Å²) in [7, 11) is 2.05. The predicted molar refractivity (Wildman–Crippen MR) is 60.3 cm³/mol. The van der Waals surface area contributed by atoms with E-state index in [1.165, 1.54) is 18.0 Å². The highest BCUT2D eigenvalue weighted by Crippen LogP contribution is 2.26. The van der Waals surface area contributed by atoms with Gasteiger partial charge in [-0.05, 0) is 18.1 Å². The molecule has 0 bridgehead atoms. The Morgan fingerprint density at radius 2 is 2.50 bits per heavy atom. The van der Waals surface area contributed by atoms with Gasteiger partial charge in [0.05, 0.1) is 0 Å². The van der Waals surface area contributed by atoms with E-state index < -0.39 is 0 Å². The normalized spacial score (nSPS) is 27.0. The maximum atomic E-state index is 6.01. The van der Waals surface area contributed by atoms with Crippen molar-refractivity contribution in [2.75, 3.05) is 11.5 Å². The average Bonchev–Trinajstić information content (AvgIpc) is 2.72. The van der Waals surface area contributed by atoms with Crippen LogP contribution in [0.1, 0.15) is 12.2 Å². The van der Waals surface area contributed by atoms with Crippen molar-refractivity contribution >= 4 is 11.8 Å². The van der Waals surface area contributed by atoms with Crippen LogP contribution in [-0.4, -0.2) is 27.1 Å². The molecule has 1 saturated heterocycles. The van der Waals surface area contributed by atoms with Gasteiger partial charge in [0, 0.05) is 37.7 Å². The van der Waals surface area contributed by atoms with Gasteiger partial charge in [0.1, 0.15) is 5.82 Å². The third-order valence-electron chi connectivity index (χ3n) is 2.91. The number of nitrogens with zero attached hydrogens (tertiary/aromatic N) is 2. The fourth-order valence-electron chi connectivity index (χ4n) is 1.86. The highest BCUT2D eigenvalue weighted by Gasteiger charge is 2.24. The van der Waals surface area contributed by atoms with Crippen LogP contribution in [0.15, 0.2) is 12.4 Å². The molecule has 0 amide bonds. The molecule has 1 aliphatic rings. The van der Waals surface area contributed by atoms with E-state index >= 15 is 0 Å². The van der Waals surface area contributed by atoms with Crippen molar-refractivity contribution in [3.8, 4) is 0 Å². The zero-order valence-corrected chi connectivity index (χ0v) is 9.33. The third kappa shape index (κ3) is 2.12. The Morgan fingerprint density at radius 3 is 3.07 bits per heavy atom. The summed E-state index contributed by atoms with van der Waals surface area (Å²) in [6.07, 6.45) is 6.10. The Bertz CT molecular complexity index is 297. The molecule has 3 nitrogen and oxygen atoms in total. The third-order valence-corrected chi connectivity index (χ3v) is 4.19. The fraction of sp³-hybridized carbons (Fsp3) is 0.700. The van der Waals surface area contributed by atoms with Crippen LogP contribution in [0.3, 0.4) is 0 Å². The molecule has 4 heteroatoms. The van der Waals surface area contributed by atoms with Crippen LogP contribution in [0.25, 0.3) is 0 Å². The SMILES string of the molecule is Cn1ccnc1CCC1CSCC1N. The highest BCUT2D eigenvalue weighted by molar-refractivity contribution is 7.99. The number of hydrogen-bond acceptors (Lipinski definition) is 3. The second-order valence-electron chi connectivity index (χ2n) is 3.95. The van der Waals surface area contributed by atoms with Crippen LogP contribution in [-0.2, 0) is 13.5 Å². The molecule has 1 fully saturated rings. The van der Waals surface area contributed by atoms with Gasteiger partial charge in [-0.25, -0.2) is 4.98 Å². The van der Waals surface area contributed by atoms with Crippen molar-refractivity contribution < 1.29 is 0 Å². The molecule has 78 valence electrons. The maximum Gasteiger partial charge on any atom is 0.108 e. The van der Waals surface area contributed by atoms with Gasteiger partial charge in [-0.1, -0.05) is 0 Å². The lowest BCUT2D eigenvalue weighted by Crippen LogP contribution is -2.28. The van der Waals surface area contributed by atoms with Crippen LogP contribution in [0.4, 0.5) is 0 Å². The predicted octanol–water partition coefficient (Wildman–Crippen LogP) is 1.04. The lowest BCUT2D eigenvalue weighted by Gasteiger charge is -2.13. The molecule has 0 spiro atoms. The van der Waals surface area contributed by atoms with Crippen molar-refractivity contribution in [1.29, 1.82) is 0 Å². The molecule has 2 heterocycles. The van der Waals surface area contributed by atoms with Crippen molar-refractivity contribution in [3.05, 3.63) is 18.2 Å². The smallest absolute Gasteiger partial charge is 0.108 e. The summed E-state index contributed by atoms with van der Waals surface area (Å²) in [5.41, 5.74) is 6.01. The number of aromatic nitrogens is 2. The number of aryl methyl sites for hydroxylation is 2. The summed E-state index contributed by atoms with van der Waals surface area (Å²) in [6.45, 7) is 0. The largest absolute Gasteiger partial charge is 0.338 e. The minimum absolute atomic E-state index is 0.403. The van der Waals surface area contributed by atoms with Gasteiger partial charge in [-0.3, -0.25) is 0 Å². The van der Waals surface area contributed by atoms with Crippen LogP contribution < -0.4 is 5.73 Å². The fourth-order valence-corrected chi connectivity index (χ4v) is 3.26. The van der Waals surface area contributed by atoms with Gasteiger partial charge in [-0.2, -0.15) is 11.8 Å². The lowest BCUT2D eigenvalue weighted by molar-refractivity contribution is 0.472. The number of imidazole rings is 1. The van der Waals surface area contributed by atoms with E-state index in [9.17, 15) is 0 Å². The van der Waals surface area contributed by atoms with E-state index in [0.717, 1.165) is 12.2 Å². The maximum absolute atomic E-state index is 6.01. The van der Waals surface area contributed by atoms with Gasteiger partial charge < -0.3 is 10.3 Å². The highest BCUT2D eigenvalue weighted by atomic mass is 32.2. The first-order valence-corrected chi connectivity index (χ1v) is 6.22. The summed E-state index contributed by atoms with van der Waals surface area (Å²) in [5, 5.41) is 0. The van der Waals surface area contributed by atoms with E-state index in [4.69, 9.17) is 5.73 Å². The van der Waals surface area contributed by atoms with Crippen LogP contribution >= 0.6 is 11.8 Å². The zero-order valence-electron chi connectivity index (χ0n) is 8.52. The summed E-state index contributed by atoms with van der Waals surface area (Å²) >= 11 is 1.98. The van der Waals surface area contributed by atoms with Crippen molar-refractivity contribution in [2.45, 2.75) is 18.9 Å². The minimum Gasteiger partial charge on any atom is -0.338 e. The van der Waals surface area contributed by atoms with Crippen LogP contribution in [0.5, 0.6) is 0 Å². The Balaban J connectivity index is 1.85. The number of nitrogens with two attached hydrogens (primary N) is 1. The summed E-state index contributed by atoms with van der Waals surface area (Å²) in [5.74, 6) is 4.22. The van der Waals surface area contributed by atoms with Crippen molar-refractivity contribution in [2.24, 2.45) is 18.7 Å². The molecule has 1 aromatic heterocycles. The molecule has 1 aromatic rings. The molecule has 0 saturated carbocycles. The standard InChI is InChI=1S/C10H17N3S/c1-13-5-4-12-10(13)3-2-8-6-14-7-9(8)11/h4-5,8-9H,2-3,6-7,11H2,1H3. The summed E-state index contributed by atoms with van der Waals surface area (Å²) < 4.78 is 2.09. The van der Waals surface area contributed by atoms with E-state index in [1.54, 1.807) is 0 Å². The summed E-state index contributed by atoms with van der Waals surface area (Å²) in [6, 6.07) is 0.403. The van der Waals surface area contributed by atoms with Crippen molar-refractivity contribution in [1.82, 2.24) is 9.55 Å². The first kappa shape index (κ1) is 10.1. The first-order valence-electron chi connectivity index (χ1n) is 5.07. The zero-order chi connectivity index (χ0) is 9.97. The average molecular weight is 211 g/mol.